The van der Waals surface area contributed by atoms with Gasteiger partial charge in [-0.05, 0) is 100 Å². The molecule has 0 unspecified atom stereocenters. The average Bonchev–Trinajstić information content (AvgIpc) is 2.78. The molecule has 170 valence electrons. The summed E-state index contributed by atoms with van der Waals surface area (Å²) < 4.78 is 5.95. The summed E-state index contributed by atoms with van der Waals surface area (Å²) in [5.41, 5.74) is 2.42. The first-order valence-electron chi connectivity index (χ1n) is 11.9. The maximum atomic E-state index is 9.52. The topological polar surface area (TPSA) is 65.0 Å². The van der Waals surface area contributed by atoms with Gasteiger partial charge in [-0.2, -0.15) is 0 Å². The molecule has 1 heterocycles. The van der Waals surface area contributed by atoms with E-state index < -0.39 is 0 Å². The number of nitrogens with one attached hydrogen (secondary N) is 1. The van der Waals surface area contributed by atoms with Crippen molar-refractivity contribution in [2.75, 3.05) is 32.8 Å². The Balaban J connectivity index is 1.19. The van der Waals surface area contributed by atoms with E-state index in [-0.39, 0.29) is 11.5 Å². The summed E-state index contributed by atoms with van der Waals surface area (Å²) in [6, 6.07) is 13.6. The summed E-state index contributed by atoms with van der Waals surface area (Å²) in [7, 11) is 0. The summed E-state index contributed by atoms with van der Waals surface area (Å²) >= 11 is 0. The second kappa shape index (κ2) is 13.2. The van der Waals surface area contributed by atoms with E-state index in [4.69, 9.17) is 4.74 Å². The van der Waals surface area contributed by atoms with Crippen LogP contribution in [0, 0.1) is 0 Å². The van der Waals surface area contributed by atoms with Gasteiger partial charge in [-0.15, -0.1) is 0 Å². The first kappa shape index (κ1) is 23.4. The minimum absolute atomic E-state index is 0.0323. The normalized spacial score (nSPS) is 14.6. The molecule has 3 rings (SSSR count). The Hall–Kier alpha value is -2.24. The zero-order chi connectivity index (χ0) is 21.7. The molecule has 0 aromatic heterocycles. The molecule has 0 bridgehead atoms. The molecule has 2 aromatic carbocycles. The van der Waals surface area contributed by atoms with Gasteiger partial charge in [-0.3, -0.25) is 4.90 Å². The fraction of sp³-hybridized carbons (Fsp3) is 0.538. The molecule has 1 aliphatic rings. The molecule has 0 atom stereocenters. The first-order chi connectivity index (χ1) is 15.2. The van der Waals surface area contributed by atoms with Crippen molar-refractivity contribution < 1.29 is 14.9 Å². The number of aryl methyl sites for hydroxylation is 1. The summed E-state index contributed by atoms with van der Waals surface area (Å²) in [4.78, 5) is 2.54. The van der Waals surface area contributed by atoms with Crippen LogP contribution in [0.15, 0.2) is 42.5 Å². The number of ether oxygens (including phenoxy) is 1. The second-order valence-corrected chi connectivity index (χ2v) is 8.57. The third-order valence-electron chi connectivity index (χ3n) is 5.88. The molecular formula is C26H38N2O3. The number of hydrogen-bond donors (Lipinski definition) is 3. The number of piperidine rings is 1. The zero-order valence-electron chi connectivity index (χ0n) is 18.7. The highest BCUT2D eigenvalue weighted by Gasteiger charge is 2.10. The van der Waals surface area contributed by atoms with Crippen molar-refractivity contribution in [3.63, 3.8) is 0 Å². The van der Waals surface area contributed by atoms with Gasteiger partial charge < -0.3 is 20.3 Å². The Labute approximate surface area is 187 Å². The van der Waals surface area contributed by atoms with Gasteiger partial charge in [0.2, 0.25) is 0 Å². The van der Waals surface area contributed by atoms with Gasteiger partial charge in [0.15, 0.2) is 11.5 Å². The predicted octanol–water partition coefficient (Wildman–Crippen LogP) is 4.86. The van der Waals surface area contributed by atoms with Gasteiger partial charge in [-0.25, -0.2) is 0 Å². The first-order valence-corrected chi connectivity index (χ1v) is 11.9. The SMILES string of the molecule is Oc1ccc(CCCCCNCCCOc2cccc(CN3CCCCC3)c2)cc1O. The number of unbranched alkanes of at least 4 members (excludes halogenated alkanes) is 2. The minimum atomic E-state index is -0.0536. The fourth-order valence-electron chi connectivity index (χ4n) is 4.10. The van der Waals surface area contributed by atoms with Crippen LogP contribution in [-0.2, 0) is 13.0 Å². The van der Waals surface area contributed by atoms with E-state index in [9.17, 15) is 10.2 Å². The number of hydrogen-bond acceptors (Lipinski definition) is 5. The third kappa shape index (κ3) is 8.80. The lowest BCUT2D eigenvalue weighted by Crippen LogP contribution is -2.29. The molecular weight excluding hydrogens is 388 g/mol. The third-order valence-corrected chi connectivity index (χ3v) is 5.88. The van der Waals surface area contributed by atoms with E-state index in [0.717, 1.165) is 69.7 Å². The van der Waals surface area contributed by atoms with Crippen LogP contribution in [0.3, 0.4) is 0 Å². The number of benzene rings is 2. The number of rotatable bonds is 13. The van der Waals surface area contributed by atoms with Gasteiger partial charge >= 0.3 is 0 Å². The van der Waals surface area contributed by atoms with Crippen LogP contribution in [0.5, 0.6) is 17.2 Å². The van der Waals surface area contributed by atoms with Crippen molar-refractivity contribution in [2.24, 2.45) is 0 Å². The number of phenolic OH excluding ortho intramolecular Hbond substituents is 2. The van der Waals surface area contributed by atoms with E-state index >= 15 is 0 Å². The van der Waals surface area contributed by atoms with E-state index in [1.54, 1.807) is 12.1 Å². The van der Waals surface area contributed by atoms with Crippen LogP contribution in [0.2, 0.25) is 0 Å². The van der Waals surface area contributed by atoms with E-state index in [2.05, 4.69) is 34.5 Å². The van der Waals surface area contributed by atoms with Crippen LogP contribution in [0.25, 0.3) is 0 Å². The largest absolute Gasteiger partial charge is 0.504 e. The van der Waals surface area contributed by atoms with E-state index in [0.29, 0.717) is 0 Å². The number of likely N-dealkylation sites (tertiary alicyclic amines) is 1. The smallest absolute Gasteiger partial charge is 0.157 e. The van der Waals surface area contributed by atoms with Crippen LogP contribution >= 0.6 is 0 Å². The van der Waals surface area contributed by atoms with Crippen molar-refractivity contribution in [1.29, 1.82) is 0 Å². The van der Waals surface area contributed by atoms with Crippen molar-refractivity contribution in [1.82, 2.24) is 10.2 Å². The number of phenols is 2. The molecule has 5 heteroatoms. The Morgan fingerprint density at radius 1 is 0.806 bits per heavy atom. The second-order valence-electron chi connectivity index (χ2n) is 8.57. The van der Waals surface area contributed by atoms with Gasteiger partial charge in [0.05, 0.1) is 6.61 Å². The Kier molecular flexibility index (Phi) is 10.00. The summed E-state index contributed by atoms with van der Waals surface area (Å²) in [6.45, 7) is 6.21. The molecule has 1 fully saturated rings. The summed E-state index contributed by atoms with van der Waals surface area (Å²) in [5, 5.41) is 22.4. The number of aromatic hydroxyl groups is 2. The molecule has 31 heavy (non-hydrogen) atoms. The van der Waals surface area contributed by atoms with Crippen molar-refractivity contribution >= 4 is 0 Å². The van der Waals surface area contributed by atoms with Crippen molar-refractivity contribution in [3.05, 3.63) is 53.6 Å². The quantitative estimate of drug-likeness (QED) is 0.315. The fourth-order valence-corrected chi connectivity index (χ4v) is 4.10. The lowest BCUT2D eigenvalue weighted by Gasteiger charge is -2.26. The van der Waals surface area contributed by atoms with E-state index in [1.165, 1.54) is 37.9 Å². The molecule has 0 amide bonds. The highest BCUT2D eigenvalue weighted by molar-refractivity contribution is 5.40. The molecule has 2 aromatic rings. The highest BCUT2D eigenvalue weighted by Crippen LogP contribution is 2.25. The zero-order valence-corrected chi connectivity index (χ0v) is 18.7. The number of nitrogens with zero attached hydrogens (tertiary/aromatic N) is 1. The van der Waals surface area contributed by atoms with Gasteiger partial charge in [0.25, 0.3) is 0 Å². The Morgan fingerprint density at radius 2 is 1.65 bits per heavy atom. The molecule has 5 nitrogen and oxygen atoms in total. The van der Waals surface area contributed by atoms with Crippen LogP contribution in [0.4, 0.5) is 0 Å². The van der Waals surface area contributed by atoms with Crippen LogP contribution in [-0.4, -0.2) is 47.9 Å². The van der Waals surface area contributed by atoms with Crippen LogP contribution in [0.1, 0.15) is 56.1 Å². The van der Waals surface area contributed by atoms with Crippen LogP contribution < -0.4 is 10.1 Å². The lowest BCUT2D eigenvalue weighted by molar-refractivity contribution is 0.220. The molecule has 3 N–H and O–H groups in total. The Morgan fingerprint density at radius 3 is 2.48 bits per heavy atom. The maximum Gasteiger partial charge on any atom is 0.157 e. The highest BCUT2D eigenvalue weighted by atomic mass is 16.5. The van der Waals surface area contributed by atoms with Crippen molar-refractivity contribution in [3.8, 4) is 17.2 Å². The van der Waals surface area contributed by atoms with Gasteiger partial charge in [-0.1, -0.05) is 31.0 Å². The molecule has 0 radical (unpaired) electrons. The Bertz CT molecular complexity index is 775. The standard InChI is InChI=1S/C26H38N2O3/c29-25-13-12-22(20-26(25)30)9-3-1-4-14-27-15-8-18-31-24-11-7-10-23(19-24)21-28-16-5-2-6-17-28/h7,10-13,19-20,27,29-30H,1-6,8-9,14-18,21H2. The summed E-state index contributed by atoms with van der Waals surface area (Å²) in [5.74, 6) is 0.895. The maximum absolute atomic E-state index is 9.52. The predicted molar refractivity (Wildman–Crippen MR) is 126 cm³/mol. The molecule has 0 spiro atoms. The minimum Gasteiger partial charge on any atom is -0.504 e. The molecule has 1 aliphatic heterocycles. The van der Waals surface area contributed by atoms with Crippen molar-refractivity contribution in [2.45, 2.75) is 57.9 Å². The van der Waals surface area contributed by atoms with Gasteiger partial charge in [0, 0.05) is 6.54 Å². The van der Waals surface area contributed by atoms with E-state index in [1.807, 2.05) is 6.07 Å². The monoisotopic (exact) mass is 426 g/mol. The summed E-state index contributed by atoms with van der Waals surface area (Å²) in [6.07, 6.45) is 9.33. The molecule has 0 aliphatic carbocycles. The van der Waals surface area contributed by atoms with Gasteiger partial charge in [0.1, 0.15) is 5.75 Å². The molecule has 1 saturated heterocycles. The lowest BCUT2D eigenvalue weighted by atomic mass is 10.1. The average molecular weight is 427 g/mol. The molecule has 0 saturated carbocycles.